The largest absolute Gasteiger partial charge is 0.356 e. The van der Waals surface area contributed by atoms with Gasteiger partial charge in [-0.1, -0.05) is 50.6 Å². The van der Waals surface area contributed by atoms with Gasteiger partial charge in [-0.3, -0.25) is 4.79 Å². The second-order valence-corrected chi connectivity index (χ2v) is 11.6. The molecule has 1 amide bonds. The molecule has 8 atom stereocenters. The lowest BCUT2D eigenvalue weighted by atomic mass is 9.49. The number of rotatable bonds is 4. The van der Waals surface area contributed by atoms with Crippen molar-refractivity contribution in [3.05, 3.63) is 35.9 Å². The zero-order valence-electron chi connectivity index (χ0n) is 19.1. The van der Waals surface area contributed by atoms with Crippen molar-refractivity contribution in [1.82, 2.24) is 5.32 Å². The Labute approximate surface area is 183 Å². The van der Waals surface area contributed by atoms with E-state index >= 15 is 0 Å². The summed E-state index contributed by atoms with van der Waals surface area (Å²) in [5.74, 6) is 6.21. The minimum atomic E-state index is 0.239. The van der Waals surface area contributed by atoms with E-state index in [0.717, 1.165) is 54.9 Å². The van der Waals surface area contributed by atoms with Gasteiger partial charge in [0.2, 0.25) is 5.91 Å². The summed E-state index contributed by atoms with van der Waals surface area (Å²) in [5, 5.41) is 3.31. The zero-order chi connectivity index (χ0) is 20.7. The van der Waals surface area contributed by atoms with Crippen LogP contribution in [0.25, 0.3) is 0 Å². The Hall–Kier alpha value is -1.31. The number of fused-ring (bicyclic) bond motifs is 5. The van der Waals surface area contributed by atoms with Crippen molar-refractivity contribution in [3.63, 3.8) is 0 Å². The molecule has 4 saturated carbocycles. The van der Waals surface area contributed by atoms with Crippen LogP contribution in [-0.2, 0) is 11.2 Å². The highest BCUT2D eigenvalue weighted by atomic mass is 16.1. The molecule has 0 spiro atoms. The number of hydrogen-bond acceptors (Lipinski definition) is 1. The highest BCUT2D eigenvalue weighted by molar-refractivity contribution is 5.80. The molecule has 0 saturated heterocycles. The van der Waals surface area contributed by atoms with E-state index in [1.165, 1.54) is 56.9 Å². The lowest BCUT2D eigenvalue weighted by molar-refractivity contribution is -0.132. The van der Waals surface area contributed by atoms with Crippen molar-refractivity contribution in [2.24, 2.45) is 46.8 Å². The SMILES string of the molecule is CC1CCC2C(CCC3C2CCC2(C)C(C(=O)NCCc4ccccc4)CCC32)C1. The van der Waals surface area contributed by atoms with Crippen molar-refractivity contribution in [2.45, 2.75) is 78.1 Å². The minimum Gasteiger partial charge on any atom is -0.356 e. The summed E-state index contributed by atoms with van der Waals surface area (Å²) in [6.45, 7) is 5.73. The van der Waals surface area contributed by atoms with Crippen LogP contribution >= 0.6 is 0 Å². The first-order valence-electron chi connectivity index (χ1n) is 12.9. The topological polar surface area (TPSA) is 29.1 Å². The zero-order valence-corrected chi connectivity index (χ0v) is 19.1. The second-order valence-electron chi connectivity index (χ2n) is 11.6. The van der Waals surface area contributed by atoms with E-state index in [2.05, 4.69) is 49.5 Å². The van der Waals surface area contributed by atoms with Crippen LogP contribution in [0.15, 0.2) is 30.3 Å². The molecule has 2 heteroatoms. The highest BCUT2D eigenvalue weighted by Gasteiger charge is 2.58. The number of carbonyl (C=O) groups excluding carboxylic acids is 1. The summed E-state index contributed by atoms with van der Waals surface area (Å²) in [6, 6.07) is 10.5. The van der Waals surface area contributed by atoms with Gasteiger partial charge in [-0.2, -0.15) is 0 Å². The normalized spacial score (nSPS) is 42.7. The van der Waals surface area contributed by atoms with Gasteiger partial charge in [0.25, 0.3) is 0 Å². The second kappa shape index (κ2) is 8.32. The summed E-state index contributed by atoms with van der Waals surface area (Å²) in [7, 11) is 0. The van der Waals surface area contributed by atoms with Crippen molar-refractivity contribution in [2.75, 3.05) is 6.54 Å². The van der Waals surface area contributed by atoms with Crippen molar-refractivity contribution in [3.8, 4) is 0 Å². The van der Waals surface area contributed by atoms with Crippen LogP contribution in [0.3, 0.4) is 0 Å². The van der Waals surface area contributed by atoms with E-state index in [4.69, 9.17) is 0 Å². The molecule has 4 fully saturated rings. The summed E-state index contributed by atoms with van der Waals surface area (Å²) in [4.78, 5) is 13.2. The van der Waals surface area contributed by atoms with Gasteiger partial charge < -0.3 is 5.32 Å². The highest BCUT2D eigenvalue weighted by Crippen LogP contribution is 2.64. The van der Waals surface area contributed by atoms with Crippen LogP contribution in [-0.4, -0.2) is 12.5 Å². The molecular formula is C28H41NO. The van der Waals surface area contributed by atoms with Gasteiger partial charge >= 0.3 is 0 Å². The monoisotopic (exact) mass is 407 g/mol. The van der Waals surface area contributed by atoms with Gasteiger partial charge in [0.05, 0.1) is 0 Å². The number of amides is 1. The molecule has 4 aliphatic carbocycles. The molecule has 8 unspecified atom stereocenters. The molecule has 0 heterocycles. The Kier molecular flexibility index (Phi) is 5.71. The molecule has 164 valence electrons. The Morgan fingerprint density at radius 1 is 0.967 bits per heavy atom. The predicted octanol–water partition coefficient (Wildman–Crippen LogP) is 6.25. The van der Waals surface area contributed by atoms with Crippen LogP contribution in [0.1, 0.15) is 77.2 Å². The van der Waals surface area contributed by atoms with Gasteiger partial charge in [0.15, 0.2) is 0 Å². The first-order chi connectivity index (χ1) is 14.6. The number of carbonyl (C=O) groups is 1. The van der Waals surface area contributed by atoms with E-state index in [1.807, 2.05) is 0 Å². The van der Waals surface area contributed by atoms with Gasteiger partial charge in [-0.05, 0) is 104 Å². The lowest BCUT2D eigenvalue weighted by Crippen LogP contribution is -2.50. The molecule has 0 aromatic heterocycles. The molecule has 0 aliphatic heterocycles. The van der Waals surface area contributed by atoms with Gasteiger partial charge in [0, 0.05) is 12.5 Å². The van der Waals surface area contributed by atoms with E-state index in [0.29, 0.717) is 5.91 Å². The first-order valence-corrected chi connectivity index (χ1v) is 12.9. The third kappa shape index (κ3) is 3.63. The lowest BCUT2D eigenvalue weighted by Gasteiger charge is -2.56. The Bertz CT molecular complexity index is 744. The Morgan fingerprint density at radius 2 is 1.77 bits per heavy atom. The maximum Gasteiger partial charge on any atom is 0.223 e. The number of hydrogen-bond donors (Lipinski definition) is 1. The van der Waals surface area contributed by atoms with Crippen LogP contribution in [0.4, 0.5) is 0 Å². The summed E-state index contributed by atoms with van der Waals surface area (Å²) < 4.78 is 0. The molecule has 4 aliphatic rings. The number of benzene rings is 1. The Morgan fingerprint density at radius 3 is 2.60 bits per heavy atom. The summed E-state index contributed by atoms with van der Waals surface area (Å²) >= 11 is 0. The molecule has 2 nitrogen and oxygen atoms in total. The van der Waals surface area contributed by atoms with E-state index in [9.17, 15) is 4.79 Å². The van der Waals surface area contributed by atoms with Crippen LogP contribution in [0.5, 0.6) is 0 Å². The predicted molar refractivity (Wildman–Crippen MR) is 123 cm³/mol. The van der Waals surface area contributed by atoms with Gasteiger partial charge in [-0.25, -0.2) is 0 Å². The molecule has 1 aromatic rings. The quantitative estimate of drug-likeness (QED) is 0.628. The summed E-state index contributed by atoms with van der Waals surface area (Å²) in [5.41, 5.74) is 1.56. The average Bonchev–Trinajstić information content (AvgIpc) is 3.11. The fourth-order valence-corrected chi connectivity index (χ4v) is 8.62. The minimum absolute atomic E-state index is 0.239. The summed E-state index contributed by atoms with van der Waals surface area (Å²) in [6.07, 6.45) is 13.4. The van der Waals surface area contributed by atoms with E-state index < -0.39 is 0 Å². The Balaban J connectivity index is 1.22. The molecule has 1 N–H and O–H groups in total. The maximum atomic E-state index is 13.2. The third-order valence-electron chi connectivity index (χ3n) is 10.1. The smallest absolute Gasteiger partial charge is 0.223 e. The standard InChI is InChI=1S/C28H41NO/c1-19-8-10-22-21(18-19)9-11-24-23(22)14-16-28(2)25(24)12-13-26(28)27(30)29-17-15-20-6-4-3-5-7-20/h3-7,19,21-26H,8-18H2,1-2H3,(H,29,30). The number of nitrogens with one attached hydrogen (secondary N) is 1. The molecular weight excluding hydrogens is 366 g/mol. The van der Waals surface area contributed by atoms with E-state index in [1.54, 1.807) is 0 Å². The van der Waals surface area contributed by atoms with E-state index in [-0.39, 0.29) is 11.3 Å². The maximum absolute atomic E-state index is 13.2. The van der Waals surface area contributed by atoms with Crippen LogP contribution in [0.2, 0.25) is 0 Å². The molecule has 0 radical (unpaired) electrons. The fraction of sp³-hybridized carbons (Fsp3) is 0.750. The average molecular weight is 408 g/mol. The first kappa shape index (κ1) is 20.6. The molecule has 0 bridgehead atoms. The fourth-order valence-electron chi connectivity index (χ4n) is 8.62. The van der Waals surface area contributed by atoms with Crippen molar-refractivity contribution in [1.29, 1.82) is 0 Å². The molecule has 30 heavy (non-hydrogen) atoms. The van der Waals surface area contributed by atoms with Gasteiger partial charge in [-0.15, -0.1) is 0 Å². The molecule has 5 rings (SSSR count). The third-order valence-corrected chi connectivity index (χ3v) is 10.1. The van der Waals surface area contributed by atoms with Crippen molar-refractivity contribution < 1.29 is 4.79 Å². The van der Waals surface area contributed by atoms with Crippen LogP contribution < -0.4 is 5.32 Å². The molecule has 1 aromatic carbocycles. The van der Waals surface area contributed by atoms with Crippen molar-refractivity contribution >= 4 is 5.91 Å². The van der Waals surface area contributed by atoms with Crippen LogP contribution in [0, 0.1) is 46.8 Å². The van der Waals surface area contributed by atoms with Gasteiger partial charge in [0.1, 0.15) is 0 Å².